The van der Waals surface area contributed by atoms with Gasteiger partial charge in [-0.15, -0.1) is 11.8 Å². The number of hydrogen-bond donors (Lipinski definition) is 1. The van der Waals surface area contributed by atoms with Crippen LogP contribution < -0.4 is 14.8 Å². The Labute approximate surface area is 101 Å². The summed E-state index contributed by atoms with van der Waals surface area (Å²) in [5, 5.41) is 3.46. The van der Waals surface area contributed by atoms with Crippen LogP contribution in [0.1, 0.15) is 12.8 Å². The van der Waals surface area contributed by atoms with Crippen molar-refractivity contribution in [2.24, 2.45) is 0 Å². The van der Waals surface area contributed by atoms with Crippen molar-refractivity contribution in [1.29, 1.82) is 0 Å². The summed E-state index contributed by atoms with van der Waals surface area (Å²) in [7, 11) is 3.37. The predicted molar refractivity (Wildman–Crippen MR) is 66.4 cm³/mol. The van der Waals surface area contributed by atoms with Gasteiger partial charge in [0.15, 0.2) is 0 Å². The maximum absolute atomic E-state index is 5.31. The molecule has 0 unspecified atom stereocenters. The molecule has 0 aliphatic heterocycles. The Hall–Kier alpha value is -0.870. The zero-order valence-corrected chi connectivity index (χ0v) is 10.5. The quantitative estimate of drug-likeness (QED) is 0.610. The first-order valence-corrected chi connectivity index (χ1v) is 6.40. The molecule has 1 aliphatic rings. The minimum Gasteiger partial charge on any atom is -0.497 e. The summed E-state index contributed by atoms with van der Waals surface area (Å²) in [4.78, 5) is 1.12. The fourth-order valence-electron chi connectivity index (χ4n) is 1.42. The molecule has 4 heteroatoms. The standard InChI is InChI=1S/C12H17NO2S/c1-14-10-5-6-11(15-2)12(7-10)16-8-13-9-3-4-9/h5-7,9,13H,3-4,8H2,1-2H3. The summed E-state index contributed by atoms with van der Waals surface area (Å²) < 4.78 is 10.5. The van der Waals surface area contributed by atoms with Crippen LogP contribution in [0.2, 0.25) is 0 Å². The van der Waals surface area contributed by atoms with Gasteiger partial charge in [0.05, 0.1) is 19.1 Å². The highest BCUT2D eigenvalue weighted by molar-refractivity contribution is 7.99. The van der Waals surface area contributed by atoms with Crippen molar-refractivity contribution >= 4 is 11.8 Å². The normalized spacial score (nSPS) is 14.9. The third-order valence-electron chi connectivity index (χ3n) is 2.55. The Morgan fingerprint density at radius 3 is 2.75 bits per heavy atom. The van der Waals surface area contributed by atoms with Crippen LogP contribution in [-0.2, 0) is 0 Å². The van der Waals surface area contributed by atoms with E-state index >= 15 is 0 Å². The fraction of sp³-hybridized carbons (Fsp3) is 0.500. The maximum atomic E-state index is 5.31. The van der Waals surface area contributed by atoms with Crippen LogP contribution in [0.3, 0.4) is 0 Å². The molecule has 0 atom stereocenters. The average Bonchev–Trinajstić information content (AvgIpc) is 3.13. The van der Waals surface area contributed by atoms with Crippen molar-refractivity contribution in [3.63, 3.8) is 0 Å². The highest BCUT2D eigenvalue weighted by atomic mass is 32.2. The number of methoxy groups -OCH3 is 2. The van der Waals surface area contributed by atoms with Gasteiger partial charge in [-0.3, -0.25) is 0 Å². The van der Waals surface area contributed by atoms with E-state index in [0.717, 1.165) is 28.3 Å². The van der Waals surface area contributed by atoms with E-state index in [1.54, 1.807) is 26.0 Å². The smallest absolute Gasteiger partial charge is 0.132 e. The van der Waals surface area contributed by atoms with E-state index in [1.165, 1.54) is 12.8 Å². The average molecular weight is 239 g/mol. The Balaban J connectivity index is 1.97. The largest absolute Gasteiger partial charge is 0.497 e. The van der Waals surface area contributed by atoms with Gasteiger partial charge in [0.1, 0.15) is 11.5 Å². The maximum Gasteiger partial charge on any atom is 0.132 e. The molecule has 0 radical (unpaired) electrons. The van der Waals surface area contributed by atoms with Gasteiger partial charge < -0.3 is 14.8 Å². The minimum absolute atomic E-state index is 0.740. The first kappa shape index (κ1) is 11.6. The highest BCUT2D eigenvalue weighted by Gasteiger charge is 2.20. The van der Waals surface area contributed by atoms with Crippen LogP contribution in [0, 0.1) is 0 Å². The van der Waals surface area contributed by atoms with E-state index in [2.05, 4.69) is 5.32 Å². The summed E-state index contributed by atoms with van der Waals surface area (Å²) >= 11 is 1.75. The Kier molecular flexibility index (Phi) is 3.96. The van der Waals surface area contributed by atoms with E-state index in [-0.39, 0.29) is 0 Å². The van der Waals surface area contributed by atoms with Gasteiger partial charge >= 0.3 is 0 Å². The molecule has 1 N–H and O–H groups in total. The van der Waals surface area contributed by atoms with Crippen molar-refractivity contribution in [2.75, 3.05) is 20.1 Å². The van der Waals surface area contributed by atoms with Crippen molar-refractivity contribution in [1.82, 2.24) is 5.32 Å². The molecular weight excluding hydrogens is 222 g/mol. The van der Waals surface area contributed by atoms with Gasteiger partial charge in [-0.1, -0.05) is 0 Å². The predicted octanol–water partition coefficient (Wildman–Crippen LogP) is 2.51. The second-order valence-electron chi connectivity index (χ2n) is 3.78. The Morgan fingerprint density at radius 2 is 2.12 bits per heavy atom. The molecule has 0 saturated heterocycles. The van der Waals surface area contributed by atoms with Gasteiger partial charge in [-0.05, 0) is 31.0 Å². The molecule has 0 bridgehead atoms. The van der Waals surface area contributed by atoms with E-state index in [0.29, 0.717) is 0 Å². The van der Waals surface area contributed by atoms with Gasteiger partial charge in [-0.2, -0.15) is 0 Å². The van der Waals surface area contributed by atoms with Gasteiger partial charge in [0.25, 0.3) is 0 Å². The molecule has 0 heterocycles. The lowest BCUT2D eigenvalue weighted by Crippen LogP contribution is -2.14. The van der Waals surface area contributed by atoms with Crippen LogP contribution >= 0.6 is 11.8 Å². The van der Waals surface area contributed by atoms with Crippen molar-refractivity contribution in [3.05, 3.63) is 18.2 Å². The molecular formula is C12H17NO2S. The number of rotatable bonds is 6. The zero-order chi connectivity index (χ0) is 11.4. The highest BCUT2D eigenvalue weighted by Crippen LogP contribution is 2.32. The summed E-state index contributed by atoms with van der Waals surface area (Å²) in [6.07, 6.45) is 2.63. The lowest BCUT2D eigenvalue weighted by atomic mass is 10.3. The van der Waals surface area contributed by atoms with E-state index in [9.17, 15) is 0 Å². The molecule has 0 spiro atoms. The van der Waals surface area contributed by atoms with Crippen molar-refractivity contribution in [3.8, 4) is 11.5 Å². The fourth-order valence-corrected chi connectivity index (χ4v) is 2.39. The molecule has 0 amide bonds. The molecule has 2 rings (SSSR count). The molecule has 1 aromatic carbocycles. The number of hydrogen-bond acceptors (Lipinski definition) is 4. The van der Waals surface area contributed by atoms with Crippen LogP contribution in [0.5, 0.6) is 11.5 Å². The second kappa shape index (κ2) is 5.46. The molecule has 3 nitrogen and oxygen atoms in total. The monoisotopic (exact) mass is 239 g/mol. The molecule has 1 aliphatic carbocycles. The van der Waals surface area contributed by atoms with E-state index < -0.39 is 0 Å². The summed E-state index contributed by atoms with van der Waals surface area (Å²) in [6.45, 7) is 0. The van der Waals surface area contributed by atoms with E-state index in [4.69, 9.17) is 9.47 Å². The van der Waals surface area contributed by atoms with Crippen LogP contribution in [0.15, 0.2) is 23.1 Å². The lowest BCUT2D eigenvalue weighted by molar-refractivity contribution is 0.394. The second-order valence-corrected chi connectivity index (χ2v) is 4.80. The third kappa shape index (κ3) is 3.06. The van der Waals surface area contributed by atoms with Gasteiger partial charge in [0.2, 0.25) is 0 Å². The molecule has 88 valence electrons. The zero-order valence-electron chi connectivity index (χ0n) is 9.66. The first-order valence-electron chi connectivity index (χ1n) is 5.41. The molecule has 16 heavy (non-hydrogen) atoms. The third-order valence-corrected chi connectivity index (χ3v) is 3.49. The molecule has 1 fully saturated rings. The first-order chi connectivity index (χ1) is 7.83. The number of benzene rings is 1. The topological polar surface area (TPSA) is 30.5 Å². The van der Waals surface area contributed by atoms with Gasteiger partial charge in [0, 0.05) is 11.9 Å². The summed E-state index contributed by atoms with van der Waals surface area (Å²) in [6, 6.07) is 6.61. The Morgan fingerprint density at radius 1 is 1.31 bits per heavy atom. The van der Waals surface area contributed by atoms with Crippen molar-refractivity contribution < 1.29 is 9.47 Å². The van der Waals surface area contributed by atoms with E-state index in [1.807, 2.05) is 18.2 Å². The van der Waals surface area contributed by atoms with Crippen LogP contribution in [0.4, 0.5) is 0 Å². The lowest BCUT2D eigenvalue weighted by Gasteiger charge is -2.10. The molecule has 1 saturated carbocycles. The minimum atomic E-state index is 0.740. The molecule has 1 aromatic rings. The number of nitrogens with one attached hydrogen (secondary N) is 1. The summed E-state index contributed by atoms with van der Waals surface area (Å²) in [5.74, 6) is 2.70. The van der Waals surface area contributed by atoms with Crippen molar-refractivity contribution in [2.45, 2.75) is 23.8 Å². The van der Waals surface area contributed by atoms with Crippen LogP contribution in [-0.4, -0.2) is 26.1 Å². The summed E-state index contributed by atoms with van der Waals surface area (Å²) in [5.41, 5.74) is 0. The molecule has 0 aromatic heterocycles. The number of ether oxygens (including phenoxy) is 2. The van der Waals surface area contributed by atoms with Crippen LogP contribution in [0.25, 0.3) is 0 Å². The Bertz CT molecular complexity index is 353. The SMILES string of the molecule is COc1ccc(OC)c(SCNC2CC2)c1. The number of thioether (sulfide) groups is 1. The van der Waals surface area contributed by atoms with Gasteiger partial charge in [-0.25, -0.2) is 0 Å².